The smallest absolute Gasteiger partial charge is 0.333 e. The summed E-state index contributed by atoms with van der Waals surface area (Å²) in [5.41, 5.74) is 4.64. The van der Waals surface area contributed by atoms with Crippen LogP contribution in [0.2, 0.25) is 0 Å². The molecule has 6 amide bonds. The van der Waals surface area contributed by atoms with E-state index in [1.807, 2.05) is 0 Å². The quantitative estimate of drug-likeness (QED) is 0.104. The Balaban J connectivity index is 1.14. The van der Waals surface area contributed by atoms with Crippen molar-refractivity contribution in [3.63, 3.8) is 0 Å². The number of aliphatic hydroxyl groups excluding tert-OH is 2. The predicted octanol–water partition coefficient (Wildman–Crippen LogP) is 3.57. The molecule has 6 aliphatic rings. The maximum atomic E-state index is 15.7. The summed E-state index contributed by atoms with van der Waals surface area (Å²) in [5.74, 6) is -13.7. The summed E-state index contributed by atoms with van der Waals surface area (Å²) in [5, 5.41) is 107. The van der Waals surface area contributed by atoms with Gasteiger partial charge in [0.1, 0.15) is 88.7 Å². The van der Waals surface area contributed by atoms with Gasteiger partial charge in [-0.3, -0.25) is 28.8 Å². The first kappa shape index (κ1) is 56.8. The summed E-state index contributed by atoms with van der Waals surface area (Å²) in [4.78, 5) is 104. The molecule has 17 bridgehead atoms. The van der Waals surface area contributed by atoms with Gasteiger partial charge in [0.15, 0.2) is 29.0 Å². The van der Waals surface area contributed by atoms with Crippen LogP contribution in [-0.2, 0) is 38.3 Å². The Kier molecular flexibility index (Phi) is 14.7. The summed E-state index contributed by atoms with van der Waals surface area (Å²) in [6, 6.07) is 10.1. The first-order chi connectivity index (χ1) is 41.0. The van der Waals surface area contributed by atoms with Gasteiger partial charge in [0.05, 0.1) is 7.11 Å². The number of aliphatic hydroxyl groups is 2. The third kappa shape index (κ3) is 10.6. The maximum Gasteiger partial charge on any atom is 0.333 e. The summed E-state index contributed by atoms with van der Waals surface area (Å²) >= 11 is 0. The topological polar surface area (TPSA) is 416 Å². The van der Waals surface area contributed by atoms with Crippen LogP contribution in [0.5, 0.6) is 69.0 Å². The number of carbonyl (C=O) groups excluding carboxylic acids is 7. The van der Waals surface area contributed by atoms with Crippen molar-refractivity contribution in [1.82, 2.24) is 31.9 Å². The molecule has 7 aromatic rings. The molecule has 7 aromatic carbocycles. The number of carbonyl (C=O) groups is 7. The minimum atomic E-state index is -2.14. The third-order valence-corrected chi connectivity index (χ3v) is 15.1. The molecule has 0 aromatic heterocycles. The Morgan fingerprint density at radius 1 is 0.465 bits per heavy atom. The van der Waals surface area contributed by atoms with E-state index in [1.165, 1.54) is 79.7 Å². The molecule has 26 nitrogen and oxygen atoms in total. The Labute approximate surface area is 485 Å². The van der Waals surface area contributed by atoms with Crippen molar-refractivity contribution < 1.29 is 93.4 Å². The number of nitrogens with two attached hydrogens (primary N) is 1. The van der Waals surface area contributed by atoms with E-state index in [9.17, 15) is 60.0 Å². The van der Waals surface area contributed by atoms with E-state index in [0.717, 1.165) is 55.6 Å². The lowest BCUT2D eigenvalue weighted by atomic mass is 9.89. The number of fused-ring (bicyclic) bond motifs is 14. The van der Waals surface area contributed by atoms with E-state index in [2.05, 4.69) is 31.9 Å². The van der Waals surface area contributed by atoms with Gasteiger partial charge < -0.3 is 97.4 Å². The zero-order valence-electron chi connectivity index (χ0n) is 44.9. The van der Waals surface area contributed by atoms with Crippen LogP contribution in [0, 0.1) is 6.92 Å². The van der Waals surface area contributed by atoms with Crippen LogP contribution in [-0.4, -0.2) is 101 Å². The van der Waals surface area contributed by atoms with Crippen molar-refractivity contribution in [2.75, 3.05) is 7.11 Å². The van der Waals surface area contributed by atoms with E-state index in [1.54, 1.807) is 0 Å². The molecule has 13 rings (SSSR count). The molecule has 26 heteroatoms. The van der Waals surface area contributed by atoms with Crippen LogP contribution in [0.25, 0.3) is 11.1 Å². The van der Waals surface area contributed by atoms with Gasteiger partial charge in [-0.1, -0.05) is 36.4 Å². The molecule has 0 saturated heterocycles. The number of phenolic OH excluding ortho intramolecular Hbond substituents is 6. The molecule has 0 radical (unpaired) electrons. The van der Waals surface area contributed by atoms with E-state index >= 15 is 14.4 Å². The number of rotatable bonds is 1. The van der Waals surface area contributed by atoms with Crippen molar-refractivity contribution >= 4 is 41.4 Å². The standard InChI is InChI=1S/C60H51N7O19/c1-23-37(71)16-28-18-39(23)86-40-17-26(7-14-36(40)70)44(61)54(76)66-49-51(73)24-3-9-31(10-4-24)84-41-19-29-20-42(53(41)75)85-32-11-5-25(6-12-32)52(74)50-59(81)65-48(60(82)83-2)34-21-30(68)22-38(72)43(34)33-15-27(8-13-35(33)69)45(55(77)67-50)62-57(79)47(29)63-56(78)46(28)64-58(49)80/h3-22,44-52,68-75H,61H2,1-2H3,(H,62,79)(H,63,78)(H,64,80)(H,65,81)(H,66,76)(H,67,77)/t44?,45?,46?,47?,48-,49?,50?,51?,52?/m1/s1. The van der Waals surface area contributed by atoms with E-state index in [4.69, 9.17) is 24.7 Å². The molecule has 86 heavy (non-hydrogen) atoms. The highest BCUT2D eigenvalue weighted by atomic mass is 16.5. The van der Waals surface area contributed by atoms with Crippen molar-refractivity contribution in [1.29, 1.82) is 0 Å². The first-order valence-electron chi connectivity index (χ1n) is 26.2. The second-order valence-corrected chi connectivity index (χ2v) is 20.5. The molecular weight excluding hydrogens is 1120 g/mol. The second-order valence-electron chi connectivity index (χ2n) is 20.5. The van der Waals surface area contributed by atoms with Crippen molar-refractivity contribution in [3.05, 3.63) is 166 Å². The molecular formula is C60H51N7O19. The molecule has 6 aliphatic heterocycles. The largest absolute Gasteiger partial charge is 0.508 e. The number of benzene rings is 7. The minimum Gasteiger partial charge on any atom is -0.508 e. The fourth-order valence-electron chi connectivity index (χ4n) is 10.4. The van der Waals surface area contributed by atoms with Crippen LogP contribution in [0.3, 0.4) is 0 Å². The van der Waals surface area contributed by atoms with E-state index < -0.39 is 142 Å². The van der Waals surface area contributed by atoms with Crippen LogP contribution in [0.4, 0.5) is 0 Å². The van der Waals surface area contributed by atoms with Gasteiger partial charge in [-0.25, -0.2) is 4.79 Å². The fraction of sp³-hybridized carbons (Fsp3) is 0.183. The van der Waals surface area contributed by atoms with E-state index in [-0.39, 0.29) is 78.6 Å². The van der Waals surface area contributed by atoms with Gasteiger partial charge in [-0.2, -0.15) is 0 Å². The minimum absolute atomic E-state index is 0.00535. The first-order valence-corrected chi connectivity index (χ1v) is 26.2. The van der Waals surface area contributed by atoms with Crippen LogP contribution in [0.1, 0.15) is 86.9 Å². The molecule has 8 unspecified atom stereocenters. The fourth-order valence-corrected chi connectivity index (χ4v) is 10.4. The highest BCUT2D eigenvalue weighted by Crippen LogP contribution is 2.47. The number of ether oxygens (including phenoxy) is 4. The number of methoxy groups -OCH3 is 1. The lowest BCUT2D eigenvalue weighted by Gasteiger charge is -2.31. The third-order valence-electron chi connectivity index (χ3n) is 15.1. The lowest BCUT2D eigenvalue weighted by molar-refractivity contribution is -0.146. The predicted molar refractivity (Wildman–Crippen MR) is 295 cm³/mol. The number of phenols is 6. The van der Waals surface area contributed by atoms with Gasteiger partial charge in [-0.05, 0) is 119 Å². The van der Waals surface area contributed by atoms with Crippen LogP contribution >= 0.6 is 0 Å². The number of hydrogen-bond acceptors (Lipinski definition) is 20. The van der Waals surface area contributed by atoms with Crippen molar-refractivity contribution in [3.8, 4) is 80.1 Å². The average Bonchev–Trinajstić information content (AvgIpc) is 2.08. The molecule has 16 N–H and O–H groups in total. The SMILES string of the molecule is COC(=O)[C@@H]1NC(=O)C2NC(=O)C(NC(=O)C3NC(=O)C4NC(=O)C(NC(=O)C(N)c5ccc(O)c(c5)Oc5cc4cc(O)c5C)C(O)c4ccc(cc4)Oc4cc3cc(c4O)Oc3ccc(cc3)C2O)c2ccc(O)c(c2)-c2c(O)cc(O)cc21. The summed E-state index contributed by atoms with van der Waals surface area (Å²) in [6.07, 6.45) is -3.93. The number of hydrogen-bond donors (Lipinski definition) is 15. The molecule has 440 valence electrons. The van der Waals surface area contributed by atoms with Gasteiger partial charge in [0.2, 0.25) is 41.2 Å². The van der Waals surface area contributed by atoms with E-state index in [0.29, 0.717) is 0 Å². The normalized spacial score (nSPS) is 22.7. The number of nitrogens with one attached hydrogen (secondary N) is 6. The summed E-state index contributed by atoms with van der Waals surface area (Å²) in [7, 11) is 0.974. The van der Waals surface area contributed by atoms with Crippen molar-refractivity contribution in [2.45, 2.75) is 61.4 Å². The van der Waals surface area contributed by atoms with Gasteiger partial charge in [-0.15, -0.1) is 0 Å². The molecule has 0 fully saturated rings. The van der Waals surface area contributed by atoms with Crippen LogP contribution in [0.15, 0.2) is 121 Å². The number of esters is 1. The summed E-state index contributed by atoms with van der Waals surface area (Å²) < 4.78 is 23.5. The zero-order valence-corrected chi connectivity index (χ0v) is 44.9. The Hall–Kier alpha value is -11.1. The molecule has 6 heterocycles. The van der Waals surface area contributed by atoms with Crippen LogP contribution < -0.4 is 51.8 Å². The van der Waals surface area contributed by atoms with Gasteiger partial charge in [0.25, 0.3) is 0 Å². The number of amides is 6. The molecule has 0 saturated carbocycles. The Morgan fingerprint density at radius 2 is 0.942 bits per heavy atom. The Bertz CT molecular complexity index is 3990. The highest BCUT2D eigenvalue weighted by Gasteiger charge is 2.42. The maximum absolute atomic E-state index is 15.7. The van der Waals surface area contributed by atoms with Gasteiger partial charge >= 0.3 is 5.97 Å². The highest BCUT2D eigenvalue weighted by molar-refractivity contribution is 6.00. The summed E-state index contributed by atoms with van der Waals surface area (Å²) in [6.45, 7) is 1.42. The second kappa shape index (κ2) is 22.2. The Morgan fingerprint density at radius 3 is 1.53 bits per heavy atom. The molecule has 0 aliphatic carbocycles. The zero-order chi connectivity index (χ0) is 61.2. The average molecular weight is 1170 g/mol. The molecule has 9 atom stereocenters. The number of aromatic hydroxyl groups is 6. The monoisotopic (exact) mass is 1170 g/mol. The van der Waals surface area contributed by atoms with Crippen molar-refractivity contribution in [2.24, 2.45) is 5.73 Å². The lowest BCUT2D eigenvalue weighted by Crippen LogP contribution is -2.55. The van der Waals surface area contributed by atoms with Gasteiger partial charge in [0, 0.05) is 28.3 Å². The molecule has 0 spiro atoms.